The summed E-state index contributed by atoms with van der Waals surface area (Å²) in [6.07, 6.45) is -0.669. The lowest BCUT2D eigenvalue weighted by Gasteiger charge is -2.18. The second kappa shape index (κ2) is 7.73. The maximum atomic E-state index is 12.5. The van der Waals surface area contributed by atoms with Gasteiger partial charge in [-0.15, -0.1) is 0 Å². The molecular formula is C16H19F3N2O3S. The first-order chi connectivity index (χ1) is 11.4. The van der Waals surface area contributed by atoms with E-state index in [4.69, 9.17) is 4.74 Å². The van der Waals surface area contributed by atoms with Crippen LogP contribution in [-0.2, 0) is 20.9 Å². The zero-order valence-corrected chi connectivity index (χ0v) is 14.9. The van der Waals surface area contributed by atoms with Crippen LogP contribution in [0.2, 0.25) is 0 Å². The normalized spacial score (nSPS) is 12.6. The van der Waals surface area contributed by atoms with Gasteiger partial charge in [-0.2, -0.15) is 13.2 Å². The Morgan fingerprint density at radius 2 is 1.96 bits per heavy atom. The molecule has 9 heteroatoms. The van der Waals surface area contributed by atoms with Crippen molar-refractivity contribution in [1.29, 1.82) is 0 Å². The quantitative estimate of drug-likeness (QED) is 0.537. The number of hydrogen-bond donors (Lipinski definition) is 0. The second-order valence-electron chi connectivity index (χ2n) is 5.14. The number of ether oxygens (including phenoxy) is 1. The Kier molecular flexibility index (Phi) is 6.42. The van der Waals surface area contributed by atoms with Crippen LogP contribution in [0, 0.1) is 0 Å². The largest absolute Gasteiger partial charge is 0.462 e. The Bertz CT molecular complexity index is 782. The predicted octanol–water partition coefficient (Wildman–Crippen LogP) is 3.79. The minimum Gasteiger partial charge on any atom is -0.462 e. The van der Waals surface area contributed by atoms with Gasteiger partial charge in [0.1, 0.15) is 17.2 Å². The molecule has 0 aliphatic heterocycles. The van der Waals surface area contributed by atoms with E-state index in [2.05, 4.69) is 18.1 Å². The van der Waals surface area contributed by atoms with Crippen molar-refractivity contribution in [3.8, 4) is 0 Å². The lowest BCUT2D eigenvalue weighted by atomic mass is 10.2. The molecule has 1 rings (SSSR count). The van der Waals surface area contributed by atoms with E-state index in [0.717, 1.165) is 22.8 Å². The van der Waals surface area contributed by atoms with Crippen molar-refractivity contribution >= 4 is 15.8 Å². The Morgan fingerprint density at radius 3 is 2.36 bits per heavy atom. The Labute approximate surface area is 145 Å². The number of alkyl halides is 3. The van der Waals surface area contributed by atoms with E-state index in [0.29, 0.717) is 12.2 Å². The topological polar surface area (TPSA) is 59.5 Å². The van der Waals surface area contributed by atoms with E-state index in [9.17, 15) is 21.6 Å². The van der Waals surface area contributed by atoms with Crippen molar-refractivity contribution in [2.75, 3.05) is 13.3 Å². The third kappa shape index (κ3) is 5.93. The third-order valence-corrected chi connectivity index (χ3v) is 4.44. The molecular weight excluding hydrogens is 357 g/mol. The van der Waals surface area contributed by atoms with Crippen molar-refractivity contribution < 1.29 is 26.3 Å². The van der Waals surface area contributed by atoms with Crippen molar-refractivity contribution in [3.63, 3.8) is 0 Å². The molecule has 0 spiro atoms. The molecule has 5 nitrogen and oxygen atoms in total. The van der Waals surface area contributed by atoms with Crippen molar-refractivity contribution in [2.45, 2.75) is 19.5 Å². The molecule has 1 aromatic rings. The molecule has 0 unspecified atom stereocenters. The maximum absolute atomic E-state index is 12.5. The Balaban J connectivity index is 2.93. The summed E-state index contributed by atoms with van der Waals surface area (Å²) >= 11 is 0. The highest BCUT2D eigenvalue weighted by molar-refractivity contribution is 7.88. The average Bonchev–Trinajstić information content (AvgIpc) is 2.51. The predicted molar refractivity (Wildman–Crippen MR) is 89.5 cm³/mol. The zero-order valence-electron chi connectivity index (χ0n) is 14.1. The monoisotopic (exact) mass is 376 g/mol. The second-order valence-corrected chi connectivity index (χ2v) is 7.15. The van der Waals surface area contributed by atoms with E-state index in [1.54, 1.807) is 6.92 Å². The van der Waals surface area contributed by atoms with Gasteiger partial charge < -0.3 is 4.74 Å². The molecule has 0 saturated carbocycles. The van der Waals surface area contributed by atoms with Gasteiger partial charge in [0.15, 0.2) is 0 Å². The average molecular weight is 376 g/mol. The Morgan fingerprint density at radius 1 is 1.36 bits per heavy atom. The molecule has 1 heterocycles. The highest BCUT2D eigenvalue weighted by Crippen LogP contribution is 2.28. The van der Waals surface area contributed by atoms with Gasteiger partial charge in [0.2, 0.25) is 10.0 Å². The van der Waals surface area contributed by atoms with E-state index >= 15 is 0 Å². The number of rotatable bonds is 7. The zero-order chi connectivity index (χ0) is 19.4. The molecule has 138 valence electrons. The van der Waals surface area contributed by atoms with Crippen LogP contribution in [0.4, 0.5) is 13.2 Å². The number of sulfonamides is 1. The summed E-state index contributed by atoms with van der Waals surface area (Å²) in [7, 11) is -2.12. The van der Waals surface area contributed by atoms with Crippen LogP contribution in [0.1, 0.15) is 24.6 Å². The molecule has 0 N–H and O–H groups in total. The van der Waals surface area contributed by atoms with Crippen molar-refractivity contribution in [3.05, 3.63) is 60.3 Å². The summed E-state index contributed by atoms with van der Waals surface area (Å²) < 4.78 is 67.0. The summed E-state index contributed by atoms with van der Waals surface area (Å²) in [6.45, 7) is 9.07. The number of likely N-dealkylation sites (N-methyl/N-ethyl adjacent to an activating group) is 1. The molecule has 1 aromatic heterocycles. The first-order valence-electron chi connectivity index (χ1n) is 7.10. The standard InChI is InChI=1S/C16H19F3N2O3S/c1-6-14(9-11(2)21(4)25(5,22)23)24-12(3)13-7-8-15(20-10-13)16(17,18)19/h7-10H,2-3,6H2,1,4-5H3/b14-9+. The van der Waals surface area contributed by atoms with Gasteiger partial charge in [-0.3, -0.25) is 9.29 Å². The van der Waals surface area contributed by atoms with Crippen LogP contribution in [0.5, 0.6) is 0 Å². The van der Waals surface area contributed by atoms with Crippen LogP contribution < -0.4 is 0 Å². The molecule has 0 amide bonds. The van der Waals surface area contributed by atoms with E-state index in [1.165, 1.54) is 19.2 Å². The lowest BCUT2D eigenvalue weighted by Crippen LogP contribution is -2.23. The lowest BCUT2D eigenvalue weighted by molar-refractivity contribution is -0.141. The molecule has 25 heavy (non-hydrogen) atoms. The highest BCUT2D eigenvalue weighted by Gasteiger charge is 2.32. The molecule has 0 radical (unpaired) electrons. The summed E-state index contributed by atoms with van der Waals surface area (Å²) in [5.74, 6) is 0.439. The maximum Gasteiger partial charge on any atom is 0.433 e. The van der Waals surface area contributed by atoms with Gasteiger partial charge in [0, 0.05) is 37.0 Å². The number of pyridine rings is 1. The highest BCUT2D eigenvalue weighted by atomic mass is 32.2. The fourth-order valence-electron chi connectivity index (χ4n) is 1.64. The number of halogens is 3. The van der Waals surface area contributed by atoms with Crippen LogP contribution in [0.25, 0.3) is 5.76 Å². The van der Waals surface area contributed by atoms with E-state index in [1.807, 2.05) is 0 Å². The minimum absolute atomic E-state index is 0.0872. The van der Waals surface area contributed by atoms with Crippen LogP contribution in [-0.4, -0.2) is 31.0 Å². The first-order valence-corrected chi connectivity index (χ1v) is 8.94. The van der Waals surface area contributed by atoms with Crippen LogP contribution >= 0.6 is 0 Å². The smallest absolute Gasteiger partial charge is 0.433 e. The van der Waals surface area contributed by atoms with Gasteiger partial charge in [-0.1, -0.05) is 20.1 Å². The number of nitrogens with zero attached hydrogens (tertiary/aromatic N) is 2. The van der Waals surface area contributed by atoms with E-state index < -0.39 is 21.9 Å². The SMILES string of the molecule is C=C(O/C(=C/C(=C)N(C)S(C)(=O)=O)CC)c1ccc(C(F)(F)F)nc1. The fourth-order valence-corrected chi connectivity index (χ4v) is 2.12. The van der Waals surface area contributed by atoms with Gasteiger partial charge in [-0.25, -0.2) is 8.42 Å². The summed E-state index contributed by atoms with van der Waals surface area (Å²) in [5, 5.41) is 0. The summed E-state index contributed by atoms with van der Waals surface area (Å²) in [5.41, 5.74) is -0.564. The fraction of sp³-hybridized carbons (Fsp3) is 0.312. The minimum atomic E-state index is -4.52. The van der Waals surface area contributed by atoms with Gasteiger partial charge in [0.25, 0.3) is 0 Å². The van der Waals surface area contributed by atoms with Gasteiger partial charge in [-0.05, 0) is 12.1 Å². The van der Waals surface area contributed by atoms with Gasteiger partial charge in [0.05, 0.1) is 6.26 Å². The number of allylic oxidation sites excluding steroid dienone is 2. The Hall–Kier alpha value is -2.29. The molecule has 0 atom stereocenters. The number of aromatic nitrogens is 1. The summed E-state index contributed by atoms with van der Waals surface area (Å²) in [4.78, 5) is 3.34. The van der Waals surface area contributed by atoms with Crippen molar-refractivity contribution in [1.82, 2.24) is 9.29 Å². The molecule has 0 saturated heterocycles. The molecule has 0 bridgehead atoms. The molecule has 0 aromatic carbocycles. The van der Waals surface area contributed by atoms with Crippen LogP contribution in [0.3, 0.4) is 0 Å². The molecule has 0 aliphatic carbocycles. The molecule has 0 aliphatic rings. The first kappa shape index (κ1) is 20.8. The van der Waals surface area contributed by atoms with Crippen LogP contribution in [0.15, 0.2) is 49.0 Å². The summed E-state index contributed by atoms with van der Waals surface area (Å²) in [6, 6.07) is 2.03. The molecule has 0 fully saturated rings. The van der Waals surface area contributed by atoms with Gasteiger partial charge >= 0.3 is 6.18 Å². The third-order valence-electron chi connectivity index (χ3n) is 3.21. The number of hydrogen-bond acceptors (Lipinski definition) is 4. The van der Waals surface area contributed by atoms with Crippen molar-refractivity contribution in [2.24, 2.45) is 0 Å². The van der Waals surface area contributed by atoms with E-state index in [-0.39, 0.29) is 17.0 Å².